The quantitative estimate of drug-likeness (QED) is 0.804. The van der Waals surface area contributed by atoms with Crippen molar-refractivity contribution in [3.05, 3.63) is 69.6 Å². The minimum absolute atomic E-state index is 0.185. The van der Waals surface area contributed by atoms with E-state index in [-0.39, 0.29) is 11.4 Å². The number of thiophene rings is 1. The van der Waals surface area contributed by atoms with Crippen molar-refractivity contribution in [3.8, 4) is 0 Å². The summed E-state index contributed by atoms with van der Waals surface area (Å²) in [6.07, 6.45) is 1.75. The first kappa shape index (κ1) is 16.5. The average Bonchev–Trinajstić information content (AvgIpc) is 3.22. The summed E-state index contributed by atoms with van der Waals surface area (Å²) < 4.78 is 0. The van der Waals surface area contributed by atoms with Crippen molar-refractivity contribution >= 4 is 23.0 Å². The highest BCUT2D eigenvalue weighted by Crippen LogP contribution is 2.39. The summed E-state index contributed by atoms with van der Waals surface area (Å²) >= 11 is 1.31. The van der Waals surface area contributed by atoms with E-state index in [4.69, 9.17) is 0 Å². The Morgan fingerprint density at radius 3 is 2.58 bits per heavy atom. The largest absolute Gasteiger partial charge is 0.503 e. The van der Waals surface area contributed by atoms with Crippen molar-refractivity contribution in [1.29, 1.82) is 0 Å². The molecular weight excluding hydrogens is 322 g/mol. The Morgan fingerprint density at radius 1 is 1.21 bits per heavy atom. The van der Waals surface area contributed by atoms with Gasteiger partial charge in [0.2, 0.25) is 5.78 Å². The van der Waals surface area contributed by atoms with Crippen LogP contribution in [0.3, 0.4) is 0 Å². The number of nitrogens with zero attached hydrogens (tertiary/aromatic N) is 1. The molecule has 1 atom stereocenters. The van der Waals surface area contributed by atoms with E-state index in [2.05, 4.69) is 0 Å². The maximum atomic E-state index is 12.9. The van der Waals surface area contributed by atoms with Crippen LogP contribution < -0.4 is 0 Å². The van der Waals surface area contributed by atoms with E-state index in [9.17, 15) is 14.7 Å². The predicted molar refractivity (Wildman–Crippen MR) is 94.1 cm³/mol. The van der Waals surface area contributed by atoms with Gasteiger partial charge in [0.05, 0.1) is 16.5 Å². The first-order valence-corrected chi connectivity index (χ1v) is 8.90. The fourth-order valence-electron chi connectivity index (χ4n) is 2.97. The molecule has 1 aliphatic heterocycles. The van der Waals surface area contributed by atoms with Crippen LogP contribution in [-0.2, 0) is 4.79 Å². The molecular formula is C19H19NO3S. The highest BCUT2D eigenvalue weighted by Gasteiger charge is 2.43. The second-order valence-electron chi connectivity index (χ2n) is 5.73. The molecule has 1 aliphatic rings. The lowest BCUT2D eigenvalue weighted by atomic mass is 9.95. The fraction of sp³-hybridized carbons (Fsp3) is 0.263. The Balaban J connectivity index is 2.06. The van der Waals surface area contributed by atoms with Gasteiger partial charge < -0.3 is 10.0 Å². The van der Waals surface area contributed by atoms with Gasteiger partial charge in [-0.15, -0.1) is 11.3 Å². The van der Waals surface area contributed by atoms with Crippen LogP contribution in [0.25, 0.3) is 0 Å². The first-order valence-electron chi connectivity index (χ1n) is 8.02. The van der Waals surface area contributed by atoms with Crippen LogP contribution in [0.5, 0.6) is 0 Å². The lowest BCUT2D eigenvalue weighted by Gasteiger charge is -2.26. The predicted octanol–water partition coefficient (Wildman–Crippen LogP) is 4.13. The molecule has 4 nitrogen and oxygen atoms in total. The van der Waals surface area contributed by atoms with Crippen LogP contribution in [-0.4, -0.2) is 28.2 Å². The summed E-state index contributed by atoms with van der Waals surface area (Å²) in [7, 11) is 0. The maximum Gasteiger partial charge on any atom is 0.290 e. The number of Topliss-reactive ketones (excluding diaryl/α,β-unsaturated/α-hetero) is 1. The average molecular weight is 341 g/mol. The summed E-state index contributed by atoms with van der Waals surface area (Å²) in [6.45, 7) is 2.56. The van der Waals surface area contributed by atoms with E-state index in [0.717, 1.165) is 18.4 Å². The standard InChI is InChI=1S/C19H19NO3S/c1-2-3-11-20-16(13-8-5-4-6-9-13)15(18(22)19(20)23)17(21)14-10-7-12-24-14/h4-10,12,16,22H,2-3,11H2,1H3/t16-/m0/s1. The van der Waals surface area contributed by atoms with Crippen molar-refractivity contribution in [2.75, 3.05) is 6.54 Å². The molecule has 0 aliphatic carbocycles. The van der Waals surface area contributed by atoms with Crippen LogP contribution >= 0.6 is 11.3 Å². The van der Waals surface area contributed by atoms with Crippen molar-refractivity contribution in [2.24, 2.45) is 0 Å². The fourth-order valence-corrected chi connectivity index (χ4v) is 3.64. The molecule has 0 fully saturated rings. The molecule has 3 rings (SSSR count). The van der Waals surface area contributed by atoms with E-state index < -0.39 is 17.7 Å². The third-order valence-corrected chi connectivity index (χ3v) is 5.03. The van der Waals surface area contributed by atoms with Gasteiger partial charge in [-0.2, -0.15) is 0 Å². The molecule has 0 bridgehead atoms. The van der Waals surface area contributed by atoms with Crippen molar-refractivity contribution in [1.82, 2.24) is 4.90 Å². The number of benzene rings is 1. The Kier molecular flexibility index (Phi) is 4.81. The zero-order valence-corrected chi connectivity index (χ0v) is 14.3. The zero-order valence-electron chi connectivity index (χ0n) is 13.4. The molecule has 2 heterocycles. The van der Waals surface area contributed by atoms with Crippen LogP contribution in [0.2, 0.25) is 0 Å². The molecule has 1 aromatic heterocycles. The van der Waals surface area contributed by atoms with E-state index >= 15 is 0 Å². The highest BCUT2D eigenvalue weighted by atomic mass is 32.1. The van der Waals surface area contributed by atoms with Crippen LogP contribution in [0.15, 0.2) is 59.2 Å². The second-order valence-corrected chi connectivity index (χ2v) is 6.68. The third kappa shape index (κ3) is 2.87. The number of hydrogen-bond acceptors (Lipinski definition) is 4. The lowest BCUT2D eigenvalue weighted by molar-refractivity contribution is -0.129. The van der Waals surface area contributed by atoms with Gasteiger partial charge in [0, 0.05) is 6.54 Å². The van der Waals surface area contributed by atoms with E-state index in [0.29, 0.717) is 11.4 Å². The van der Waals surface area contributed by atoms with E-state index in [1.54, 1.807) is 17.0 Å². The van der Waals surface area contributed by atoms with E-state index in [1.807, 2.05) is 42.6 Å². The second kappa shape index (κ2) is 7.01. The number of hydrogen-bond donors (Lipinski definition) is 1. The van der Waals surface area contributed by atoms with Crippen LogP contribution in [0, 0.1) is 0 Å². The Morgan fingerprint density at radius 2 is 1.96 bits per heavy atom. The zero-order chi connectivity index (χ0) is 17.1. The summed E-state index contributed by atoms with van der Waals surface area (Å²) in [5, 5.41) is 12.2. The van der Waals surface area contributed by atoms with Gasteiger partial charge in [-0.1, -0.05) is 49.7 Å². The number of rotatable bonds is 6. The molecule has 24 heavy (non-hydrogen) atoms. The number of carbonyl (C=O) groups is 2. The summed E-state index contributed by atoms with van der Waals surface area (Å²) in [4.78, 5) is 27.6. The minimum atomic E-state index is -0.528. The number of unbranched alkanes of at least 4 members (excludes halogenated alkanes) is 1. The highest BCUT2D eigenvalue weighted by molar-refractivity contribution is 7.12. The van der Waals surface area contributed by atoms with Crippen LogP contribution in [0.4, 0.5) is 0 Å². The number of ketones is 1. The number of aliphatic hydroxyl groups is 1. The molecule has 1 aromatic carbocycles. The minimum Gasteiger partial charge on any atom is -0.503 e. The van der Waals surface area contributed by atoms with Gasteiger partial charge in [0.15, 0.2) is 5.76 Å². The lowest BCUT2D eigenvalue weighted by Crippen LogP contribution is -2.32. The molecule has 5 heteroatoms. The van der Waals surface area contributed by atoms with Gasteiger partial charge in [-0.3, -0.25) is 9.59 Å². The van der Waals surface area contributed by atoms with Crippen molar-refractivity contribution < 1.29 is 14.7 Å². The molecule has 1 amide bonds. The number of aliphatic hydroxyl groups excluding tert-OH is 1. The molecule has 0 saturated heterocycles. The smallest absolute Gasteiger partial charge is 0.290 e. The normalized spacial score (nSPS) is 17.6. The topological polar surface area (TPSA) is 57.6 Å². The number of carbonyl (C=O) groups excluding carboxylic acids is 2. The SMILES string of the molecule is CCCCN1C(=O)C(O)=C(C(=O)c2cccs2)[C@@H]1c1ccccc1. The molecule has 2 aromatic rings. The Bertz CT molecular complexity index is 765. The number of amides is 1. The maximum absolute atomic E-state index is 12.9. The van der Waals surface area contributed by atoms with Gasteiger partial charge in [0.25, 0.3) is 5.91 Å². The molecule has 1 N–H and O–H groups in total. The van der Waals surface area contributed by atoms with Crippen molar-refractivity contribution in [2.45, 2.75) is 25.8 Å². The van der Waals surface area contributed by atoms with Crippen molar-refractivity contribution in [3.63, 3.8) is 0 Å². The Labute approximate surface area is 145 Å². The summed E-state index contributed by atoms with van der Waals surface area (Å²) in [5.41, 5.74) is 1.02. The van der Waals surface area contributed by atoms with Gasteiger partial charge >= 0.3 is 0 Å². The third-order valence-electron chi connectivity index (χ3n) is 4.16. The summed E-state index contributed by atoms with van der Waals surface area (Å²) in [5.74, 6) is -1.15. The van der Waals surface area contributed by atoms with E-state index in [1.165, 1.54) is 11.3 Å². The molecule has 0 spiro atoms. The van der Waals surface area contributed by atoms with Gasteiger partial charge in [-0.05, 0) is 23.4 Å². The molecule has 0 unspecified atom stereocenters. The molecule has 0 radical (unpaired) electrons. The van der Waals surface area contributed by atoms with Gasteiger partial charge in [0.1, 0.15) is 0 Å². The summed E-state index contributed by atoms with van der Waals surface area (Å²) in [6, 6.07) is 12.4. The monoisotopic (exact) mass is 341 g/mol. The molecule has 0 saturated carbocycles. The van der Waals surface area contributed by atoms with Crippen LogP contribution in [0.1, 0.15) is 41.0 Å². The first-order chi connectivity index (χ1) is 11.6. The van der Waals surface area contributed by atoms with Gasteiger partial charge in [-0.25, -0.2) is 0 Å². The molecule has 124 valence electrons. The Hall–Kier alpha value is -2.40.